The zero-order valence-corrected chi connectivity index (χ0v) is 9.33. The number of amides is 1. The lowest BCUT2D eigenvalue weighted by atomic mass is 10.1. The number of β-amino-alcohol motifs (C(OH)–C–C–N with tert-alkyl or cyclic N) is 1. The van der Waals surface area contributed by atoms with Gasteiger partial charge in [0.05, 0.1) is 5.60 Å². The average molecular weight is 212 g/mol. The topological polar surface area (TPSA) is 52.6 Å². The molecule has 1 saturated heterocycles. The fourth-order valence-electron chi connectivity index (χ4n) is 2.02. The van der Waals surface area contributed by atoms with E-state index in [1.54, 1.807) is 0 Å². The SMILES string of the molecule is CC1(O)CCN(CCC(=O)NC2CC2)C1. The molecule has 0 aromatic heterocycles. The molecule has 2 fully saturated rings. The van der Waals surface area contributed by atoms with Gasteiger partial charge < -0.3 is 10.4 Å². The summed E-state index contributed by atoms with van der Waals surface area (Å²) in [5.74, 6) is 0.157. The molecule has 0 aromatic carbocycles. The number of hydrogen-bond acceptors (Lipinski definition) is 3. The van der Waals surface area contributed by atoms with Gasteiger partial charge in [0.25, 0.3) is 0 Å². The van der Waals surface area contributed by atoms with Crippen molar-refractivity contribution in [2.24, 2.45) is 0 Å². The third-order valence-electron chi connectivity index (χ3n) is 3.13. The number of nitrogens with one attached hydrogen (secondary N) is 1. The first-order valence-electron chi connectivity index (χ1n) is 5.79. The van der Waals surface area contributed by atoms with E-state index in [2.05, 4.69) is 10.2 Å². The Hall–Kier alpha value is -0.610. The molecule has 1 heterocycles. The van der Waals surface area contributed by atoms with E-state index in [0.717, 1.165) is 32.4 Å². The second-order valence-electron chi connectivity index (χ2n) is 5.11. The van der Waals surface area contributed by atoms with Gasteiger partial charge in [-0.05, 0) is 26.2 Å². The number of carbonyl (C=O) groups excluding carboxylic acids is 1. The van der Waals surface area contributed by atoms with Crippen LogP contribution in [0.3, 0.4) is 0 Å². The minimum Gasteiger partial charge on any atom is -0.389 e. The fraction of sp³-hybridized carbons (Fsp3) is 0.909. The van der Waals surface area contributed by atoms with Crippen LogP contribution in [0.2, 0.25) is 0 Å². The highest BCUT2D eigenvalue weighted by molar-refractivity contribution is 5.76. The molecular formula is C11H20N2O2. The number of nitrogens with zero attached hydrogens (tertiary/aromatic N) is 1. The minimum atomic E-state index is -0.549. The van der Waals surface area contributed by atoms with Gasteiger partial charge >= 0.3 is 0 Å². The van der Waals surface area contributed by atoms with E-state index in [4.69, 9.17) is 0 Å². The van der Waals surface area contributed by atoms with Gasteiger partial charge in [-0.15, -0.1) is 0 Å². The number of hydrogen-bond donors (Lipinski definition) is 2. The lowest BCUT2D eigenvalue weighted by Crippen LogP contribution is -2.33. The van der Waals surface area contributed by atoms with Gasteiger partial charge in [0.15, 0.2) is 0 Å². The van der Waals surface area contributed by atoms with Gasteiger partial charge in [-0.1, -0.05) is 0 Å². The molecule has 15 heavy (non-hydrogen) atoms. The van der Waals surface area contributed by atoms with Crippen LogP contribution in [0.1, 0.15) is 32.6 Å². The van der Waals surface area contributed by atoms with Crippen molar-refractivity contribution in [3.05, 3.63) is 0 Å². The van der Waals surface area contributed by atoms with Crippen molar-refractivity contribution >= 4 is 5.91 Å². The van der Waals surface area contributed by atoms with Crippen molar-refractivity contribution in [2.75, 3.05) is 19.6 Å². The van der Waals surface area contributed by atoms with Crippen molar-refractivity contribution in [1.29, 1.82) is 0 Å². The lowest BCUT2D eigenvalue weighted by molar-refractivity contribution is -0.121. The van der Waals surface area contributed by atoms with Crippen LogP contribution in [0, 0.1) is 0 Å². The number of aliphatic hydroxyl groups is 1. The third-order valence-corrected chi connectivity index (χ3v) is 3.13. The largest absolute Gasteiger partial charge is 0.389 e. The van der Waals surface area contributed by atoms with E-state index in [0.29, 0.717) is 19.0 Å². The molecule has 1 saturated carbocycles. The summed E-state index contributed by atoms with van der Waals surface area (Å²) < 4.78 is 0. The summed E-state index contributed by atoms with van der Waals surface area (Å²) in [5.41, 5.74) is -0.549. The summed E-state index contributed by atoms with van der Waals surface area (Å²) in [5, 5.41) is 12.7. The van der Waals surface area contributed by atoms with Gasteiger partial charge in [0.1, 0.15) is 0 Å². The van der Waals surface area contributed by atoms with Crippen LogP contribution < -0.4 is 5.32 Å². The maximum Gasteiger partial charge on any atom is 0.221 e. The molecule has 4 nitrogen and oxygen atoms in total. The normalized spacial score (nSPS) is 31.9. The first kappa shape index (κ1) is 10.9. The van der Waals surface area contributed by atoms with E-state index in [1.165, 1.54) is 0 Å². The third kappa shape index (κ3) is 3.47. The second-order valence-corrected chi connectivity index (χ2v) is 5.11. The maximum absolute atomic E-state index is 11.4. The molecule has 1 aliphatic heterocycles. The van der Waals surface area contributed by atoms with E-state index < -0.39 is 5.60 Å². The Morgan fingerprint density at radius 3 is 2.87 bits per heavy atom. The highest BCUT2D eigenvalue weighted by Gasteiger charge is 2.31. The van der Waals surface area contributed by atoms with E-state index in [-0.39, 0.29) is 5.91 Å². The van der Waals surface area contributed by atoms with Crippen molar-refractivity contribution in [3.63, 3.8) is 0 Å². The van der Waals surface area contributed by atoms with Crippen LogP contribution in [-0.2, 0) is 4.79 Å². The van der Waals surface area contributed by atoms with Crippen LogP contribution in [0.25, 0.3) is 0 Å². The molecule has 1 amide bonds. The summed E-state index contributed by atoms with van der Waals surface area (Å²) in [6, 6.07) is 0.458. The van der Waals surface area contributed by atoms with Gasteiger partial charge in [0, 0.05) is 32.1 Å². The van der Waals surface area contributed by atoms with E-state index in [1.807, 2.05) is 6.92 Å². The van der Waals surface area contributed by atoms with E-state index >= 15 is 0 Å². The molecule has 1 aliphatic carbocycles. The van der Waals surface area contributed by atoms with Crippen LogP contribution in [0.5, 0.6) is 0 Å². The Balaban J connectivity index is 1.63. The predicted molar refractivity (Wildman–Crippen MR) is 57.5 cm³/mol. The van der Waals surface area contributed by atoms with Crippen LogP contribution in [0.15, 0.2) is 0 Å². The molecule has 0 spiro atoms. The molecule has 1 atom stereocenters. The Kier molecular flexibility index (Phi) is 2.98. The minimum absolute atomic E-state index is 0.157. The van der Waals surface area contributed by atoms with Crippen LogP contribution >= 0.6 is 0 Å². The fourth-order valence-corrected chi connectivity index (χ4v) is 2.02. The Morgan fingerprint density at radius 2 is 2.33 bits per heavy atom. The zero-order valence-electron chi connectivity index (χ0n) is 9.33. The molecule has 0 bridgehead atoms. The highest BCUT2D eigenvalue weighted by atomic mass is 16.3. The first-order chi connectivity index (χ1) is 7.05. The van der Waals surface area contributed by atoms with Crippen molar-refractivity contribution < 1.29 is 9.90 Å². The van der Waals surface area contributed by atoms with Gasteiger partial charge in [-0.25, -0.2) is 0 Å². The molecule has 2 aliphatic rings. The molecule has 2 rings (SSSR count). The zero-order chi connectivity index (χ0) is 10.9. The molecular weight excluding hydrogens is 192 g/mol. The average Bonchev–Trinajstić information content (AvgIpc) is 2.87. The quantitative estimate of drug-likeness (QED) is 0.695. The standard InChI is InChI=1S/C11H20N2O2/c1-11(15)5-7-13(8-11)6-4-10(14)12-9-2-3-9/h9,15H,2-8H2,1H3,(H,12,14). The Bertz CT molecular complexity index is 249. The summed E-state index contributed by atoms with van der Waals surface area (Å²) in [4.78, 5) is 13.6. The monoisotopic (exact) mass is 212 g/mol. The van der Waals surface area contributed by atoms with E-state index in [9.17, 15) is 9.90 Å². The summed E-state index contributed by atoms with van der Waals surface area (Å²) in [7, 11) is 0. The molecule has 86 valence electrons. The maximum atomic E-state index is 11.4. The molecule has 0 aromatic rings. The summed E-state index contributed by atoms with van der Waals surface area (Å²) in [6.45, 7) is 4.24. The number of carbonyl (C=O) groups is 1. The van der Waals surface area contributed by atoms with Gasteiger partial charge in [0.2, 0.25) is 5.91 Å². The number of rotatable bonds is 4. The van der Waals surface area contributed by atoms with Gasteiger partial charge in [-0.3, -0.25) is 9.69 Å². The van der Waals surface area contributed by atoms with Crippen LogP contribution in [-0.4, -0.2) is 47.2 Å². The van der Waals surface area contributed by atoms with Crippen molar-refractivity contribution in [2.45, 2.75) is 44.2 Å². The summed E-state index contributed by atoms with van der Waals surface area (Å²) >= 11 is 0. The van der Waals surface area contributed by atoms with Gasteiger partial charge in [-0.2, -0.15) is 0 Å². The Labute approximate surface area is 90.6 Å². The first-order valence-corrected chi connectivity index (χ1v) is 5.79. The Morgan fingerprint density at radius 1 is 1.60 bits per heavy atom. The molecule has 2 N–H and O–H groups in total. The molecule has 1 unspecified atom stereocenters. The van der Waals surface area contributed by atoms with Crippen LogP contribution in [0.4, 0.5) is 0 Å². The smallest absolute Gasteiger partial charge is 0.221 e. The lowest BCUT2D eigenvalue weighted by Gasteiger charge is -2.18. The molecule has 4 heteroatoms. The highest BCUT2D eigenvalue weighted by Crippen LogP contribution is 2.21. The van der Waals surface area contributed by atoms with Crippen molar-refractivity contribution in [3.8, 4) is 0 Å². The predicted octanol–water partition coefficient (Wildman–Crippen LogP) is 0.112. The second kappa shape index (κ2) is 4.10. The number of likely N-dealkylation sites (tertiary alicyclic amines) is 1. The summed E-state index contributed by atoms with van der Waals surface area (Å²) in [6.07, 6.45) is 3.66. The van der Waals surface area contributed by atoms with Crippen molar-refractivity contribution in [1.82, 2.24) is 10.2 Å². The molecule has 0 radical (unpaired) electrons.